The summed E-state index contributed by atoms with van der Waals surface area (Å²) in [5.41, 5.74) is 1.30. The quantitative estimate of drug-likeness (QED) is 0.430. The highest BCUT2D eigenvalue weighted by Gasteiger charge is 2.65. The van der Waals surface area contributed by atoms with Crippen LogP contribution in [-0.4, -0.2) is 30.9 Å². The number of rotatable bonds is 5. The van der Waals surface area contributed by atoms with Crippen molar-refractivity contribution in [2.24, 2.45) is 5.92 Å². The second-order valence-corrected chi connectivity index (χ2v) is 10.6. The van der Waals surface area contributed by atoms with E-state index in [4.69, 9.17) is 14.0 Å². The molecule has 5 heteroatoms. The Morgan fingerprint density at radius 2 is 1.70 bits per heavy atom. The lowest BCUT2D eigenvalue weighted by molar-refractivity contribution is 0.00578. The summed E-state index contributed by atoms with van der Waals surface area (Å²) in [4.78, 5) is 12.2. The van der Waals surface area contributed by atoms with E-state index < -0.39 is 0 Å². The molecule has 1 heterocycles. The molecule has 0 bridgehead atoms. The summed E-state index contributed by atoms with van der Waals surface area (Å²) in [6.07, 6.45) is 8.67. The molecule has 1 aliphatic heterocycles. The summed E-state index contributed by atoms with van der Waals surface area (Å²) >= 11 is 0. The smallest absolute Gasteiger partial charge is 0.462 e. The fourth-order valence-electron chi connectivity index (χ4n) is 5.70. The van der Waals surface area contributed by atoms with E-state index in [0.717, 1.165) is 12.8 Å². The van der Waals surface area contributed by atoms with Crippen molar-refractivity contribution in [3.05, 3.63) is 35.4 Å². The molecule has 164 valence electrons. The highest BCUT2D eigenvalue weighted by Crippen LogP contribution is 2.67. The van der Waals surface area contributed by atoms with Crippen LogP contribution in [-0.2, 0) is 14.0 Å². The summed E-state index contributed by atoms with van der Waals surface area (Å²) in [5.74, 6) is 0.869. The summed E-state index contributed by atoms with van der Waals surface area (Å²) in [7, 11) is -0.143. The van der Waals surface area contributed by atoms with Crippen molar-refractivity contribution in [1.29, 1.82) is 0 Å². The van der Waals surface area contributed by atoms with E-state index >= 15 is 0 Å². The van der Waals surface area contributed by atoms with Gasteiger partial charge in [-0.2, -0.15) is 0 Å². The molecule has 0 N–H and O–H groups in total. The van der Waals surface area contributed by atoms with E-state index in [9.17, 15) is 4.79 Å². The van der Waals surface area contributed by atoms with Crippen LogP contribution >= 0.6 is 0 Å². The molecule has 0 aromatic heterocycles. The molecule has 1 saturated heterocycles. The van der Waals surface area contributed by atoms with E-state index in [-0.39, 0.29) is 29.6 Å². The Balaban J connectivity index is 1.56. The van der Waals surface area contributed by atoms with Gasteiger partial charge in [0.15, 0.2) is 0 Å². The number of benzene rings is 1. The lowest BCUT2D eigenvalue weighted by Gasteiger charge is -2.54. The lowest BCUT2D eigenvalue weighted by Crippen LogP contribution is -2.49. The largest absolute Gasteiger partial charge is 0.464 e. The molecule has 0 amide bonds. The maximum atomic E-state index is 12.2. The van der Waals surface area contributed by atoms with Crippen molar-refractivity contribution in [2.75, 3.05) is 6.61 Å². The third kappa shape index (κ3) is 3.73. The van der Waals surface area contributed by atoms with Crippen molar-refractivity contribution in [2.45, 2.75) is 102 Å². The molecule has 0 atom stereocenters. The van der Waals surface area contributed by atoms with Crippen molar-refractivity contribution >= 4 is 13.1 Å². The zero-order chi connectivity index (χ0) is 21.6. The van der Waals surface area contributed by atoms with Crippen LogP contribution in [0.15, 0.2) is 24.3 Å². The van der Waals surface area contributed by atoms with Gasteiger partial charge in [0, 0.05) is 5.31 Å². The van der Waals surface area contributed by atoms with Gasteiger partial charge >= 0.3 is 13.1 Å². The Bertz CT molecular complexity index is 759. The van der Waals surface area contributed by atoms with Gasteiger partial charge in [-0.05, 0) is 77.0 Å². The molecule has 2 saturated carbocycles. The van der Waals surface area contributed by atoms with Gasteiger partial charge in [0.2, 0.25) is 0 Å². The van der Waals surface area contributed by atoms with Crippen molar-refractivity contribution in [1.82, 2.24) is 0 Å². The molecule has 1 aromatic carbocycles. The van der Waals surface area contributed by atoms with Gasteiger partial charge in [-0.3, -0.25) is 0 Å². The summed E-state index contributed by atoms with van der Waals surface area (Å²) in [6, 6.07) is 8.01. The molecule has 30 heavy (non-hydrogen) atoms. The summed E-state index contributed by atoms with van der Waals surface area (Å²) in [5, 5.41) is 0.0794. The highest BCUT2D eigenvalue weighted by molar-refractivity contribution is 6.50. The maximum absolute atomic E-state index is 12.2. The van der Waals surface area contributed by atoms with Crippen LogP contribution < -0.4 is 0 Å². The molecule has 0 radical (unpaired) electrons. The Morgan fingerprint density at radius 1 is 1.07 bits per heavy atom. The van der Waals surface area contributed by atoms with Crippen LogP contribution in [0.4, 0.5) is 0 Å². The topological polar surface area (TPSA) is 44.8 Å². The van der Waals surface area contributed by atoms with E-state index in [2.05, 4.69) is 33.8 Å². The molecule has 4 nitrogen and oxygen atoms in total. The average molecular weight is 412 g/mol. The second-order valence-electron chi connectivity index (χ2n) is 10.6. The van der Waals surface area contributed by atoms with Crippen molar-refractivity contribution < 1.29 is 18.8 Å². The molecule has 3 aliphatic rings. The molecule has 0 unspecified atom stereocenters. The predicted octanol–water partition coefficient (Wildman–Crippen LogP) is 6.15. The van der Waals surface area contributed by atoms with Crippen LogP contribution in [0.25, 0.3) is 0 Å². The van der Waals surface area contributed by atoms with Gasteiger partial charge in [-0.1, -0.05) is 44.2 Å². The zero-order valence-electron chi connectivity index (χ0n) is 19.3. The van der Waals surface area contributed by atoms with E-state index in [1.54, 1.807) is 0 Å². The van der Waals surface area contributed by atoms with E-state index in [1.807, 2.05) is 25.1 Å². The number of carbonyl (C=O) groups excluding carboxylic acids is 1. The third-order valence-electron chi connectivity index (χ3n) is 8.26. The number of hydrogen-bond donors (Lipinski definition) is 0. The molecular weight excluding hydrogens is 375 g/mol. The minimum Gasteiger partial charge on any atom is -0.462 e. The highest BCUT2D eigenvalue weighted by atomic mass is 16.7. The number of hydrogen-bond acceptors (Lipinski definition) is 4. The summed E-state index contributed by atoms with van der Waals surface area (Å²) in [6.45, 7) is 10.9. The monoisotopic (exact) mass is 412 g/mol. The first-order chi connectivity index (χ1) is 14.2. The predicted molar refractivity (Wildman–Crippen MR) is 120 cm³/mol. The Labute approximate surface area is 182 Å². The van der Waals surface area contributed by atoms with Gasteiger partial charge in [-0.15, -0.1) is 0 Å². The van der Waals surface area contributed by atoms with E-state index in [0.29, 0.717) is 24.0 Å². The van der Waals surface area contributed by atoms with Gasteiger partial charge in [0.05, 0.1) is 23.4 Å². The van der Waals surface area contributed by atoms with Gasteiger partial charge < -0.3 is 14.0 Å². The minimum atomic E-state index is -0.297. The first-order valence-electron chi connectivity index (χ1n) is 11.8. The molecule has 3 fully saturated rings. The Morgan fingerprint density at radius 3 is 2.30 bits per heavy atom. The first-order valence-corrected chi connectivity index (χ1v) is 11.8. The number of ether oxygens (including phenoxy) is 1. The summed E-state index contributed by atoms with van der Waals surface area (Å²) < 4.78 is 18.4. The van der Waals surface area contributed by atoms with Gasteiger partial charge in [-0.25, -0.2) is 4.79 Å². The molecule has 4 rings (SSSR count). The average Bonchev–Trinajstić information content (AvgIpc) is 2.90. The van der Waals surface area contributed by atoms with E-state index in [1.165, 1.54) is 37.7 Å². The fraction of sp³-hybridized carbons (Fsp3) is 0.720. The Kier molecular flexibility index (Phi) is 5.82. The van der Waals surface area contributed by atoms with Crippen LogP contribution in [0.2, 0.25) is 5.31 Å². The number of carbonyl (C=O) groups is 1. The first kappa shape index (κ1) is 21.9. The number of esters is 1. The van der Waals surface area contributed by atoms with Crippen LogP contribution in [0.3, 0.4) is 0 Å². The molecule has 1 aromatic rings. The zero-order valence-corrected chi connectivity index (χ0v) is 19.3. The van der Waals surface area contributed by atoms with Gasteiger partial charge in [0.1, 0.15) is 0 Å². The SMILES string of the molecule is CCOC(=O)c1cccc(C2CC(B3OC(C)(C)C(C)(C)O3)(C3CCCCC3)C2)c1. The molecular formula is C25H37BO4. The molecule has 2 aliphatic carbocycles. The fourth-order valence-corrected chi connectivity index (χ4v) is 5.70. The van der Waals surface area contributed by atoms with Crippen molar-refractivity contribution in [3.63, 3.8) is 0 Å². The van der Waals surface area contributed by atoms with Crippen LogP contribution in [0.1, 0.15) is 101 Å². The van der Waals surface area contributed by atoms with Crippen LogP contribution in [0.5, 0.6) is 0 Å². The minimum absolute atomic E-state index is 0.0794. The van der Waals surface area contributed by atoms with Gasteiger partial charge in [0.25, 0.3) is 0 Å². The van der Waals surface area contributed by atoms with Crippen LogP contribution in [0, 0.1) is 5.92 Å². The van der Waals surface area contributed by atoms with Crippen molar-refractivity contribution in [3.8, 4) is 0 Å². The lowest BCUT2D eigenvalue weighted by atomic mass is 9.37. The second kappa shape index (κ2) is 7.98. The normalized spacial score (nSPS) is 30.7. The molecule has 0 spiro atoms. The standard InChI is InChI=1S/C25H37BO4/c1-6-28-22(27)19-12-10-11-18(15-19)20-16-25(17-20,21-13-8-7-9-14-21)26-29-23(2,3)24(4,5)30-26/h10-12,15,20-21H,6-9,13-14,16-17H2,1-5H3. The third-order valence-corrected chi connectivity index (χ3v) is 8.26. The maximum Gasteiger partial charge on any atom is 0.464 e. The Hall–Kier alpha value is -1.33.